The minimum absolute atomic E-state index is 0.0660. The van der Waals surface area contributed by atoms with Crippen LogP contribution in [0.5, 0.6) is 0 Å². The fourth-order valence-corrected chi connectivity index (χ4v) is 0.365. The summed E-state index contributed by atoms with van der Waals surface area (Å²) in [4.78, 5) is 0. The van der Waals surface area contributed by atoms with E-state index in [-0.39, 0.29) is 6.42 Å². The number of hydrogen-bond acceptors (Lipinski definition) is 1. The fraction of sp³-hybridized carbons (Fsp3) is 0.667. The van der Waals surface area contributed by atoms with E-state index in [1.807, 2.05) is 0 Å². The number of aliphatic hydroxyl groups is 1. The summed E-state index contributed by atoms with van der Waals surface area (Å²) < 4.78 is 24.0. The van der Waals surface area contributed by atoms with Crippen LogP contribution in [0.25, 0.3) is 0 Å². The van der Waals surface area contributed by atoms with E-state index in [0.29, 0.717) is 6.92 Å². The molecule has 0 rings (SSSR count). The second-order valence-corrected chi connectivity index (χ2v) is 2.00. The number of halogens is 2. The Morgan fingerprint density at radius 3 is 2.33 bits per heavy atom. The zero-order valence-corrected chi connectivity index (χ0v) is 5.27. The van der Waals surface area contributed by atoms with Gasteiger partial charge in [0.15, 0.2) is 0 Å². The lowest BCUT2D eigenvalue weighted by atomic mass is 10.1. The van der Waals surface area contributed by atoms with Gasteiger partial charge in [-0.15, -0.1) is 6.58 Å². The molecule has 0 bridgehead atoms. The van der Waals surface area contributed by atoms with Crippen molar-refractivity contribution < 1.29 is 13.9 Å². The number of aliphatic hydroxyl groups excluding tert-OH is 1. The lowest BCUT2D eigenvalue weighted by Crippen LogP contribution is -2.28. The monoisotopic (exact) mass is 136 g/mol. The van der Waals surface area contributed by atoms with Crippen molar-refractivity contribution >= 4 is 0 Å². The molecular formula is C6H10F2O. The number of alkyl halides is 2. The van der Waals surface area contributed by atoms with Gasteiger partial charge in [0, 0.05) is 6.92 Å². The summed E-state index contributed by atoms with van der Waals surface area (Å²) in [6.07, 6.45) is -0.388. The second kappa shape index (κ2) is 2.92. The molecule has 0 aliphatic carbocycles. The molecule has 0 aliphatic rings. The standard InChI is InChI=1S/C6H10F2O/c1-3-4-5(9)6(2,7)8/h3,5,9H,1,4H2,2H3. The maximum atomic E-state index is 12.0. The van der Waals surface area contributed by atoms with Gasteiger partial charge in [-0.25, -0.2) is 8.78 Å². The van der Waals surface area contributed by atoms with Gasteiger partial charge in [-0.05, 0) is 6.42 Å². The molecule has 1 N–H and O–H groups in total. The van der Waals surface area contributed by atoms with Gasteiger partial charge in [-0.2, -0.15) is 0 Å². The molecule has 1 nitrogen and oxygen atoms in total. The van der Waals surface area contributed by atoms with Crippen LogP contribution >= 0.6 is 0 Å². The van der Waals surface area contributed by atoms with Crippen LogP contribution in [0.3, 0.4) is 0 Å². The van der Waals surface area contributed by atoms with Crippen LogP contribution in [0.2, 0.25) is 0 Å². The van der Waals surface area contributed by atoms with E-state index < -0.39 is 12.0 Å². The van der Waals surface area contributed by atoms with Crippen molar-refractivity contribution in [2.24, 2.45) is 0 Å². The first kappa shape index (κ1) is 8.56. The smallest absolute Gasteiger partial charge is 0.271 e. The SMILES string of the molecule is C=CCC(O)C(C)(F)F. The van der Waals surface area contributed by atoms with E-state index in [0.717, 1.165) is 0 Å². The largest absolute Gasteiger partial charge is 0.387 e. The minimum atomic E-state index is -3.01. The Morgan fingerprint density at radius 2 is 2.22 bits per heavy atom. The minimum Gasteiger partial charge on any atom is -0.387 e. The summed E-state index contributed by atoms with van der Waals surface area (Å²) in [6.45, 7) is 3.90. The van der Waals surface area contributed by atoms with Crippen molar-refractivity contribution in [1.29, 1.82) is 0 Å². The Balaban J connectivity index is 3.72. The van der Waals surface area contributed by atoms with Gasteiger partial charge in [0.2, 0.25) is 0 Å². The molecule has 0 fully saturated rings. The third-order valence-electron chi connectivity index (χ3n) is 0.975. The summed E-state index contributed by atoms with van der Waals surface area (Å²) in [5, 5.41) is 8.56. The van der Waals surface area contributed by atoms with Crippen LogP contribution in [0.1, 0.15) is 13.3 Å². The highest BCUT2D eigenvalue weighted by molar-refractivity contribution is 4.79. The highest BCUT2D eigenvalue weighted by Gasteiger charge is 2.30. The Bertz CT molecular complexity index is 95.7. The van der Waals surface area contributed by atoms with Gasteiger partial charge < -0.3 is 5.11 Å². The molecule has 9 heavy (non-hydrogen) atoms. The summed E-state index contributed by atoms with van der Waals surface area (Å²) in [5.41, 5.74) is 0. The highest BCUT2D eigenvalue weighted by Crippen LogP contribution is 2.19. The van der Waals surface area contributed by atoms with E-state index in [9.17, 15) is 8.78 Å². The summed E-state index contributed by atoms with van der Waals surface area (Å²) >= 11 is 0. The fourth-order valence-electron chi connectivity index (χ4n) is 0.365. The number of rotatable bonds is 3. The predicted octanol–water partition coefficient (Wildman–Crippen LogP) is 1.58. The van der Waals surface area contributed by atoms with Crippen LogP contribution in [0, 0.1) is 0 Å². The summed E-state index contributed by atoms with van der Waals surface area (Å²) in [6, 6.07) is 0. The average molecular weight is 136 g/mol. The molecule has 0 saturated carbocycles. The molecular weight excluding hydrogens is 126 g/mol. The molecule has 0 aromatic rings. The molecule has 0 saturated heterocycles. The maximum Gasteiger partial charge on any atom is 0.271 e. The summed E-state index contributed by atoms with van der Waals surface area (Å²) in [5.74, 6) is -3.01. The van der Waals surface area contributed by atoms with Crippen LogP contribution < -0.4 is 0 Å². The van der Waals surface area contributed by atoms with Crippen molar-refractivity contribution in [2.45, 2.75) is 25.4 Å². The quantitative estimate of drug-likeness (QED) is 0.584. The first-order valence-electron chi connectivity index (χ1n) is 2.65. The van der Waals surface area contributed by atoms with E-state index in [1.54, 1.807) is 0 Å². The third-order valence-corrected chi connectivity index (χ3v) is 0.975. The van der Waals surface area contributed by atoms with Gasteiger partial charge in [0.25, 0.3) is 5.92 Å². The molecule has 0 aromatic heterocycles. The molecule has 0 heterocycles. The van der Waals surface area contributed by atoms with Crippen molar-refractivity contribution in [3.05, 3.63) is 12.7 Å². The molecule has 0 aliphatic heterocycles. The normalized spacial score (nSPS) is 15.1. The van der Waals surface area contributed by atoms with Gasteiger partial charge >= 0.3 is 0 Å². The third kappa shape index (κ3) is 3.19. The lowest BCUT2D eigenvalue weighted by Gasteiger charge is -2.15. The van der Waals surface area contributed by atoms with Gasteiger partial charge in [0.05, 0.1) is 0 Å². The molecule has 0 spiro atoms. The van der Waals surface area contributed by atoms with Crippen LogP contribution in [0.15, 0.2) is 12.7 Å². The van der Waals surface area contributed by atoms with Gasteiger partial charge in [0.1, 0.15) is 6.10 Å². The molecule has 0 amide bonds. The zero-order chi connectivity index (χ0) is 7.49. The summed E-state index contributed by atoms with van der Waals surface area (Å²) in [7, 11) is 0. The topological polar surface area (TPSA) is 20.2 Å². The van der Waals surface area contributed by atoms with Crippen molar-refractivity contribution in [3.63, 3.8) is 0 Å². The van der Waals surface area contributed by atoms with Crippen LogP contribution in [-0.4, -0.2) is 17.1 Å². The van der Waals surface area contributed by atoms with E-state index in [1.165, 1.54) is 6.08 Å². The first-order valence-corrected chi connectivity index (χ1v) is 2.65. The van der Waals surface area contributed by atoms with E-state index in [2.05, 4.69) is 6.58 Å². The van der Waals surface area contributed by atoms with Gasteiger partial charge in [-0.1, -0.05) is 6.08 Å². The lowest BCUT2D eigenvalue weighted by molar-refractivity contribution is -0.0909. The Hall–Kier alpha value is -0.440. The molecule has 54 valence electrons. The molecule has 1 unspecified atom stereocenters. The predicted molar refractivity (Wildman–Crippen MR) is 31.4 cm³/mol. The zero-order valence-electron chi connectivity index (χ0n) is 5.27. The Labute approximate surface area is 53.0 Å². The highest BCUT2D eigenvalue weighted by atomic mass is 19.3. The molecule has 1 atom stereocenters. The van der Waals surface area contributed by atoms with Crippen molar-refractivity contribution in [2.75, 3.05) is 0 Å². The molecule has 0 aromatic carbocycles. The van der Waals surface area contributed by atoms with Crippen LogP contribution in [-0.2, 0) is 0 Å². The van der Waals surface area contributed by atoms with Crippen LogP contribution in [0.4, 0.5) is 8.78 Å². The molecule has 3 heteroatoms. The van der Waals surface area contributed by atoms with Crippen molar-refractivity contribution in [3.8, 4) is 0 Å². The Kier molecular flexibility index (Phi) is 2.77. The second-order valence-electron chi connectivity index (χ2n) is 2.00. The van der Waals surface area contributed by atoms with E-state index >= 15 is 0 Å². The Morgan fingerprint density at radius 1 is 1.78 bits per heavy atom. The average Bonchev–Trinajstić information content (AvgIpc) is 1.64. The molecule has 0 radical (unpaired) electrons. The van der Waals surface area contributed by atoms with Crippen molar-refractivity contribution in [1.82, 2.24) is 0 Å². The maximum absolute atomic E-state index is 12.0. The van der Waals surface area contributed by atoms with Gasteiger partial charge in [-0.3, -0.25) is 0 Å². The number of hydrogen-bond donors (Lipinski definition) is 1. The first-order chi connectivity index (χ1) is 3.98. The van der Waals surface area contributed by atoms with E-state index in [4.69, 9.17) is 5.11 Å².